The van der Waals surface area contributed by atoms with Crippen LogP contribution in [-0.2, 0) is 9.59 Å². The summed E-state index contributed by atoms with van der Waals surface area (Å²) in [6.45, 7) is -0.166. The second-order valence-corrected chi connectivity index (χ2v) is 6.06. The van der Waals surface area contributed by atoms with Gasteiger partial charge in [0.15, 0.2) is 18.1 Å². The molecule has 0 unspecified atom stereocenters. The van der Waals surface area contributed by atoms with Gasteiger partial charge in [-0.15, -0.1) is 0 Å². The number of para-hydroxylation sites is 2. The third-order valence-corrected chi connectivity index (χ3v) is 3.84. The fourth-order valence-electron chi connectivity index (χ4n) is 2.08. The van der Waals surface area contributed by atoms with Gasteiger partial charge >= 0.3 is 0 Å². The highest BCUT2D eigenvalue weighted by atomic mass is 79.9. The SMILES string of the molecule is O=C(COc1ccc(Br)cc1)NNC(=O)[C@@H]1COc2ccccc2O1. The number of rotatable bonds is 4. The Morgan fingerprint density at radius 2 is 1.80 bits per heavy atom. The van der Waals surface area contributed by atoms with Gasteiger partial charge in [-0.1, -0.05) is 28.1 Å². The molecule has 1 atom stereocenters. The highest BCUT2D eigenvalue weighted by Gasteiger charge is 2.27. The van der Waals surface area contributed by atoms with Gasteiger partial charge in [0.1, 0.15) is 12.4 Å². The minimum Gasteiger partial charge on any atom is -0.485 e. The van der Waals surface area contributed by atoms with Crippen LogP contribution in [0.3, 0.4) is 0 Å². The number of carbonyl (C=O) groups excluding carboxylic acids is 2. The quantitative estimate of drug-likeness (QED) is 0.756. The Kier molecular flexibility index (Phi) is 5.39. The van der Waals surface area contributed by atoms with E-state index < -0.39 is 17.9 Å². The van der Waals surface area contributed by atoms with E-state index in [2.05, 4.69) is 26.8 Å². The van der Waals surface area contributed by atoms with E-state index in [0.29, 0.717) is 17.2 Å². The number of halogens is 1. The number of amides is 2. The maximum absolute atomic E-state index is 12.0. The van der Waals surface area contributed by atoms with Crippen LogP contribution in [0.25, 0.3) is 0 Å². The molecular weight excluding hydrogens is 392 g/mol. The highest BCUT2D eigenvalue weighted by Crippen LogP contribution is 2.30. The molecule has 0 aromatic heterocycles. The van der Waals surface area contributed by atoms with Gasteiger partial charge in [-0.2, -0.15) is 0 Å². The van der Waals surface area contributed by atoms with Crippen LogP contribution in [-0.4, -0.2) is 31.1 Å². The number of fused-ring (bicyclic) bond motifs is 1. The summed E-state index contributed by atoms with van der Waals surface area (Å²) >= 11 is 3.31. The summed E-state index contributed by atoms with van der Waals surface area (Å²) in [6.07, 6.45) is -0.845. The summed E-state index contributed by atoms with van der Waals surface area (Å²) in [4.78, 5) is 23.8. The van der Waals surface area contributed by atoms with Gasteiger partial charge in [0, 0.05) is 4.47 Å². The van der Waals surface area contributed by atoms with Crippen LogP contribution in [0.15, 0.2) is 53.0 Å². The molecule has 8 heteroatoms. The number of hydrogen-bond donors (Lipinski definition) is 2. The third-order valence-electron chi connectivity index (χ3n) is 3.31. The van der Waals surface area contributed by atoms with Crippen LogP contribution in [0.5, 0.6) is 17.2 Å². The molecule has 1 aliphatic heterocycles. The van der Waals surface area contributed by atoms with Crippen molar-refractivity contribution >= 4 is 27.7 Å². The van der Waals surface area contributed by atoms with Gasteiger partial charge in [-0.25, -0.2) is 0 Å². The fourth-order valence-corrected chi connectivity index (χ4v) is 2.34. The zero-order valence-corrected chi connectivity index (χ0v) is 14.6. The van der Waals surface area contributed by atoms with Crippen molar-refractivity contribution in [1.82, 2.24) is 10.9 Å². The van der Waals surface area contributed by atoms with Crippen molar-refractivity contribution < 1.29 is 23.8 Å². The van der Waals surface area contributed by atoms with Crippen molar-refractivity contribution in [2.24, 2.45) is 0 Å². The molecule has 2 N–H and O–H groups in total. The zero-order chi connectivity index (χ0) is 17.6. The Hall–Kier alpha value is -2.74. The average molecular weight is 407 g/mol. The van der Waals surface area contributed by atoms with Crippen LogP contribution >= 0.6 is 15.9 Å². The van der Waals surface area contributed by atoms with Crippen LogP contribution in [0.2, 0.25) is 0 Å². The lowest BCUT2D eigenvalue weighted by Gasteiger charge is -2.25. The molecule has 3 rings (SSSR count). The molecule has 2 amide bonds. The maximum Gasteiger partial charge on any atom is 0.283 e. The van der Waals surface area contributed by atoms with Crippen LogP contribution in [0.4, 0.5) is 0 Å². The number of hydrazine groups is 1. The molecule has 1 aliphatic rings. The second kappa shape index (κ2) is 7.89. The first-order chi connectivity index (χ1) is 12.1. The van der Waals surface area contributed by atoms with Crippen LogP contribution in [0, 0.1) is 0 Å². The van der Waals surface area contributed by atoms with Crippen molar-refractivity contribution in [2.75, 3.05) is 13.2 Å². The summed E-state index contributed by atoms with van der Waals surface area (Å²) in [7, 11) is 0. The van der Waals surface area contributed by atoms with Crippen molar-refractivity contribution in [3.8, 4) is 17.2 Å². The molecular formula is C17H15BrN2O5. The number of benzene rings is 2. The fraction of sp³-hybridized carbons (Fsp3) is 0.176. The van der Waals surface area contributed by atoms with Crippen LogP contribution < -0.4 is 25.1 Å². The van der Waals surface area contributed by atoms with Gasteiger partial charge in [0.2, 0.25) is 6.10 Å². The van der Waals surface area contributed by atoms with Gasteiger partial charge in [-0.3, -0.25) is 20.4 Å². The van der Waals surface area contributed by atoms with E-state index in [1.807, 2.05) is 6.07 Å². The summed E-state index contributed by atoms with van der Waals surface area (Å²) in [5, 5.41) is 0. The first-order valence-corrected chi connectivity index (χ1v) is 8.26. The van der Waals surface area contributed by atoms with Gasteiger partial charge in [0.25, 0.3) is 11.8 Å². The van der Waals surface area contributed by atoms with E-state index in [4.69, 9.17) is 14.2 Å². The molecule has 0 aliphatic carbocycles. The Balaban J connectivity index is 1.43. The Morgan fingerprint density at radius 3 is 2.56 bits per heavy atom. The van der Waals surface area contributed by atoms with E-state index >= 15 is 0 Å². The Morgan fingerprint density at radius 1 is 1.08 bits per heavy atom. The standard InChI is InChI=1S/C17H15BrN2O5/c18-11-5-7-12(8-6-11)23-10-16(21)19-20-17(22)15-9-24-13-3-1-2-4-14(13)25-15/h1-8,15H,9-10H2,(H,19,21)(H,20,22)/t15-/m0/s1. The lowest BCUT2D eigenvalue weighted by molar-refractivity contribution is -0.135. The smallest absolute Gasteiger partial charge is 0.283 e. The first kappa shape index (κ1) is 17.1. The molecule has 130 valence electrons. The molecule has 0 saturated heterocycles. The predicted molar refractivity (Wildman–Crippen MR) is 92.3 cm³/mol. The second-order valence-electron chi connectivity index (χ2n) is 5.14. The van der Waals surface area contributed by atoms with Crippen molar-refractivity contribution in [1.29, 1.82) is 0 Å². The highest BCUT2D eigenvalue weighted by molar-refractivity contribution is 9.10. The van der Waals surface area contributed by atoms with E-state index in [9.17, 15) is 9.59 Å². The number of hydrogen-bond acceptors (Lipinski definition) is 5. The maximum atomic E-state index is 12.0. The van der Waals surface area contributed by atoms with E-state index in [1.165, 1.54) is 0 Å². The predicted octanol–water partition coefficient (Wildman–Crippen LogP) is 1.82. The summed E-state index contributed by atoms with van der Waals surface area (Å²) in [6, 6.07) is 14.1. The molecule has 0 fully saturated rings. The van der Waals surface area contributed by atoms with Gasteiger partial charge in [-0.05, 0) is 36.4 Å². The van der Waals surface area contributed by atoms with E-state index in [0.717, 1.165) is 4.47 Å². The van der Waals surface area contributed by atoms with Crippen molar-refractivity contribution in [3.05, 3.63) is 53.0 Å². The summed E-state index contributed by atoms with van der Waals surface area (Å²) in [5.74, 6) is 0.613. The summed E-state index contributed by atoms with van der Waals surface area (Å²) in [5.41, 5.74) is 4.57. The minimum absolute atomic E-state index is 0.0636. The average Bonchev–Trinajstić information content (AvgIpc) is 2.65. The third kappa shape index (κ3) is 4.63. The Bertz CT molecular complexity index is 766. The molecule has 0 bridgehead atoms. The molecule has 7 nitrogen and oxygen atoms in total. The zero-order valence-electron chi connectivity index (χ0n) is 13.0. The molecule has 25 heavy (non-hydrogen) atoms. The van der Waals surface area contributed by atoms with Crippen molar-refractivity contribution in [2.45, 2.75) is 6.10 Å². The van der Waals surface area contributed by atoms with Crippen molar-refractivity contribution in [3.63, 3.8) is 0 Å². The Labute approximate surface area is 152 Å². The largest absolute Gasteiger partial charge is 0.485 e. The number of carbonyl (C=O) groups is 2. The van der Waals surface area contributed by atoms with Crippen LogP contribution in [0.1, 0.15) is 0 Å². The molecule has 0 saturated carbocycles. The topological polar surface area (TPSA) is 85.9 Å². The van der Waals surface area contributed by atoms with E-state index in [1.54, 1.807) is 42.5 Å². The number of ether oxygens (including phenoxy) is 3. The van der Waals surface area contributed by atoms with E-state index in [-0.39, 0.29) is 13.2 Å². The monoisotopic (exact) mass is 406 g/mol. The van der Waals surface area contributed by atoms with Gasteiger partial charge in [0.05, 0.1) is 0 Å². The molecule has 1 heterocycles. The molecule has 0 radical (unpaired) electrons. The van der Waals surface area contributed by atoms with Gasteiger partial charge < -0.3 is 14.2 Å². The molecule has 0 spiro atoms. The lowest BCUT2D eigenvalue weighted by atomic mass is 10.2. The summed E-state index contributed by atoms with van der Waals surface area (Å²) < 4.78 is 17.2. The normalized spacial score (nSPS) is 15.2. The lowest BCUT2D eigenvalue weighted by Crippen LogP contribution is -2.51. The minimum atomic E-state index is -0.845. The molecule has 2 aromatic rings. The molecule has 2 aromatic carbocycles. The number of nitrogens with one attached hydrogen (secondary N) is 2. The first-order valence-electron chi connectivity index (χ1n) is 7.47.